The van der Waals surface area contributed by atoms with E-state index in [1.807, 2.05) is 0 Å². The molecule has 1 heterocycles. The molecule has 14 heavy (non-hydrogen) atoms. The van der Waals surface area contributed by atoms with Gasteiger partial charge in [0.1, 0.15) is 0 Å². The third-order valence-electron chi connectivity index (χ3n) is 2.39. The van der Waals surface area contributed by atoms with E-state index in [9.17, 15) is 4.79 Å². The molecule has 0 saturated heterocycles. The second-order valence-electron chi connectivity index (χ2n) is 3.43. The number of rotatable bonds is 5. The van der Waals surface area contributed by atoms with Crippen LogP contribution in [0.3, 0.4) is 0 Å². The van der Waals surface area contributed by atoms with Crippen LogP contribution >= 0.6 is 0 Å². The Morgan fingerprint density at radius 3 is 3.00 bits per heavy atom. The predicted molar refractivity (Wildman–Crippen MR) is 53.3 cm³/mol. The molecule has 0 saturated carbocycles. The molecule has 1 aliphatic rings. The summed E-state index contributed by atoms with van der Waals surface area (Å²) in [5, 5.41) is 8.73. The van der Waals surface area contributed by atoms with Gasteiger partial charge in [-0.1, -0.05) is 6.08 Å². The third-order valence-corrected chi connectivity index (χ3v) is 2.39. The molecule has 0 aromatic rings. The lowest BCUT2D eigenvalue weighted by molar-refractivity contribution is -0.133. The molecule has 80 valence electrons. The summed E-state index contributed by atoms with van der Waals surface area (Å²) in [5.74, 6) is -0.776. The molecule has 0 amide bonds. The second-order valence-corrected chi connectivity index (χ2v) is 3.43. The van der Waals surface area contributed by atoms with Crippen molar-refractivity contribution in [3.05, 3.63) is 11.6 Å². The number of aliphatic carboxylic acids is 1. The van der Waals surface area contributed by atoms with Crippen LogP contribution in [0.2, 0.25) is 0 Å². The van der Waals surface area contributed by atoms with Crippen molar-refractivity contribution >= 4 is 5.97 Å². The lowest BCUT2D eigenvalue weighted by Gasteiger charge is -2.24. The number of carbonyl (C=O) groups is 1. The number of carboxylic acid groups (broad SMARTS) is 1. The first-order valence-corrected chi connectivity index (χ1v) is 4.87. The molecule has 0 bridgehead atoms. The van der Waals surface area contributed by atoms with Gasteiger partial charge in [0.05, 0.1) is 0 Å². The van der Waals surface area contributed by atoms with Crippen molar-refractivity contribution in [2.45, 2.75) is 12.8 Å². The molecular weight excluding hydrogens is 182 g/mol. The Labute approximate surface area is 84.2 Å². The van der Waals surface area contributed by atoms with Gasteiger partial charge in [0.25, 0.3) is 0 Å². The largest absolute Gasteiger partial charge is 0.478 e. The fourth-order valence-electron chi connectivity index (χ4n) is 1.54. The molecule has 0 atom stereocenters. The first-order valence-electron chi connectivity index (χ1n) is 4.87. The van der Waals surface area contributed by atoms with E-state index in [0.717, 1.165) is 32.7 Å². The van der Waals surface area contributed by atoms with E-state index in [-0.39, 0.29) is 0 Å². The first kappa shape index (κ1) is 11.2. The van der Waals surface area contributed by atoms with Gasteiger partial charge in [-0.05, 0) is 12.8 Å². The molecule has 0 radical (unpaired) electrons. The summed E-state index contributed by atoms with van der Waals surface area (Å²) >= 11 is 0. The number of hydrogen-bond donors (Lipinski definition) is 1. The Morgan fingerprint density at radius 1 is 1.71 bits per heavy atom. The third kappa shape index (κ3) is 3.47. The van der Waals surface area contributed by atoms with Gasteiger partial charge in [0.15, 0.2) is 0 Å². The molecule has 1 N–H and O–H groups in total. The summed E-state index contributed by atoms with van der Waals surface area (Å²) in [6.45, 7) is 3.36. The molecule has 0 spiro atoms. The summed E-state index contributed by atoms with van der Waals surface area (Å²) in [4.78, 5) is 12.9. The van der Waals surface area contributed by atoms with Gasteiger partial charge < -0.3 is 9.84 Å². The van der Waals surface area contributed by atoms with Crippen LogP contribution in [0, 0.1) is 0 Å². The summed E-state index contributed by atoms with van der Waals surface area (Å²) in [6, 6.07) is 0. The Balaban J connectivity index is 2.24. The highest BCUT2D eigenvalue weighted by Crippen LogP contribution is 2.10. The normalized spacial score (nSPS) is 17.9. The zero-order chi connectivity index (χ0) is 10.4. The van der Waals surface area contributed by atoms with Gasteiger partial charge >= 0.3 is 5.97 Å². The van der Waals surface area contributed by atoms with Crippen LogP contribution in [0.15, 0.2) is 11.6 Å². The van der Waals surface area contributed by atoms with Crippen LogP contribution < -0.4 is 0 Å². The molecule has 0 aliphatic carbocycles. The average molecular weight is 199 g/mol. The summed E-state index contributed by atoms with van der Waals surface area (Å²) < 4.78 is 4.96. The van der Waals surface area contributed by atoms with Gasteiger partial charge in [-0.2, -0.15) is 0 Å². The lowest BCUT2D eigenvalue weighted by atomic mass is 10.1. The number of nitrogens with zero attached hydrogens (tertiary/aromatic N) is 1. The number of methoxy groups -OCH3 is 1. The van der Waals surface area contributed by atoms with Crippen molar-refractivity contribution in [2.75, 3.05) is 33.4 Å². The van der Waals surface area contributed by atoms with Crippen LogP contribution in [0.5, 0.6) is 0 Å². The molecule has 1 rings (SSSR count). The minimum absolute atomic E-state index is 0.549. The van der Waals surface area contributed by atoms with Gasteiger partial charge in [-0.25, -0.2) is 4.79 Å². The van der Waals surface area contributed by atoms with E-state index < -0.39 is 5.97 Å². The number of ether oxygens (including phenoxy) is 1. The topological polar surface area (TPSA) is 49.8 Å². The van der Waals surface area contributed by atoms with Crippen molar-refractivity contribution < 1.29 is 14.6 Å². The summed E-state index contributed by atoms with van der Waals surface area (Å²) in [5.41, 5.74) is 0.549. The molecule has 4 heteroatoms. The van der Waals surface area contributed by atoms with E-state index in [2.05, 4.69) is 4.90 Å². The SMILES string of the molecule is COCCCN1CC=C(C(=O)O)CC1. The zero-order valence-electron chi connectivity index (χ0n) is 8.53. The lowest BCUT2D eigenvalue weighted by Crippen LogP contribution is -2.31. The monoisotopic (exact) mass is 199 g/mol. The zero-order valence-corrected chi connectivity index (χ0v) is 8.53. The summed E-state index contributed by atoms with van der Waals surface area (Å²) in [7, 11) is 1.69. The highest BCUT2D eigenvalue weighted by Gasteiger charge is 2.15. The smallest absolute Gasteiger partial charge is 0.331 e. The Hall–Kier alpha value is -0.870. The van der Waals surface area contributed by atoms with Crippen molar-refractivity contribution in [2.24, 2.45) is 0 Å². The van der Waals surface area contributed by atoms with E-state index >= 15 is 0 Å². The number of carboxylic acids is 1. The quantitative estimate of drug-likeness (QED) is 0.663. The second kappa shape index (κ2) is 5.78. The van der Waals surface area contributed by atoms with Crippen molar-refractivity contribution in [1.82, 2.24) is 4.90 Å². The van der Waals surface area contributed by atoms with E-state index in [4.69, 9.17) is 9.84 Å². The van der Waals surface area contributed by atoms with Crippen LogP contribution in [0.4, 0.5) is 0 Å². The van der Waals surface area contributed by atoms with Crippen molar-refractivity contribution in [1.29, 1.82) is 0 Å². The summed E-state index contributed by atoms with van der Waals surface area (Å²) in [6.07, 6.45) is 3.47. The Morgan fingerprint density at radius 2 is 2.50 bits per heavy atom. The minimum Gasteiger partial charge on any atom is -0.478 e. The fraction of sp³-hybridized carbons (Fsp3) is 0.700. The molecular formula is C10H17NO3. The van der Waals surface area contributed by atoms with Crippen molar-refractivity contribution in [3.8, 4) is 0 Å². The fourth-order valence-corrected chi connectivity index (χ4v) is 1.54. The maximum absolute atomic E-state index is 10.6. The average Bonchev–Trinajstić information content (AvgIpc) is 2.19. The molecule has 0 fully saturated rings. The Bertz CT molecular complexity index is 225. The van der Waals surface area contributed by atoms with Gasteiger partial charge in [0.2, 0.25) is 0 Å². The van der Waals surface area contributed by atoms with Crippen LogP contribution in [-0.2, 0) is 9.53 Å². The van der Waals surface area contributed by atoms with Crippen molar-refractivity contribution in [3.63, 3.8) is 0 Å². The molecule has 1 aliphatic heterocycles. The highest BCUT2D eigenvalue weighted by molar-refractivity contribution is 5.86. The van der Waals surface area contributed by atoms with E-state index in [0.29, 0.717) is 12.0 Å². The van der Waals surface area contributed by atoms with E-state index in [1.54, 1.807) is 13.2 Å². The molecule has 0 aromatic heterocycles. The molecule has 0 unspecified atom stereocenters. The van der Waals surface area contributed by atoms with Gasteiger partial charge in [-0.3, -0.25) is 4.90 Å². The standard InChI is InChI=1S/C10H17NO3/c1-14-8-2-5-11-6-3-9(4-7-11)10(12)13/h3H,2,4-8H2,1H3,(H,12,13). The Kier molecular flexibility index (Phi) is 4.62. The van der Waals surface area contributed by atoms with Crippen LogP contribution in [0.25, 0.3) is 0 Å². The van der Waals surface area contributed by atoms with Gasteiger partial charge in [0, 0.05) is 38.9 Å². The molecule has 0 aromatic carbocycles. The van der Waals surface area contributed by atoms with Crippen LogP contribution in [-0.4, -0.2) is 49.3 Å². The van der Waals surface area contributed by atoms with E-state index in [1.165, 1.54) is 0 Å². The molecule has 4 nitrogen and oxygen atoms in total. The predicted octanol–water partition coefficient (Wildman–Crippen LogP) is 0.740. The minimum atomic E-state index is -0.776. The highest BCUT2D eigenvalue weighted by atomic mass is 16.5. The van der Waals surface area contributed by atoms with Gasteiger partial charge in [-0.15, -0.1) is 0 Å². The number of hydrogen-bond acceptors (Lipinski definition) is 3. The van der Waals surface area contributed by atoms with Crippen LogP contribution in [0.1, 0.15) is 12.8 Å². The maximum Gasteiger partial charge on any atom is 0.331 e. The maximum atomic E-state index is 10.6. The first-order chi connectivity index (χ1) is 6.74.